The van der Waals surface area contributed by atoms with Crippen LogP contribution in [0.1, 0.15) is 51.5 Å². The van der Waals surface area contributed by atoms with Crippen LogP contribution in [0, 0.1) is 5.92 Å². The molecule has 0 fully saturated rings. The van der Waals surface area contributed by atoms with Gasteiger partial charge >= 0.3 is 0 Å². The van der Waals surface area contributed by atoms with Gasteiger partial charge in [-0.15, -0.1) is 0 Å². The summed E-state index contributed by atoms with van der Waals surface area (Å²) < 4.78 is 5.08. The largest absolute Gasteiger partial charge is 0.481 e. The quantitative estimate of drug-likeness (QED) is 0.510. The van der Waals surface area contributed by atoms with E-state index < -0.39 is 0 Å². The van der Waals surface area contributed by atoms with Gasteiger partial charge in [0.1, 0.15) is 0 Å². The molecule has 0 saturated heterocycles. The van der Waals surface area contributed by atoms with Crippen molar-refractivity contribution in [1.82, 2.24) is 10.4 Å². The van der Waals surface area contributed by atoms with E-state index in [1.807, 2.05) is 12.3 Å². The molecule has 1 aromatic rings. The summed E-state index contributed by atoms with van der Waals surface area (Å²) in [6, 6.07) is 4.27. The van der Waals surface area contributed by atoms with Gasteiger partial charge in [0.05, 0.1) is 7.11 Å². The minimum Gasteiger partial charge on any atom is -0.481 e. The number of nitrogens with zero attached hydrogens (tertiary/aromatic N) is 1. The number of nitrogens with two attached hydrogens (primary N) is 1. The number of unbranched alkanes of at least 4 members (excludes halogenated alkanes) is 1. The average Bonchev–Trinajstić information content (AvgIpc) is 2.50. The molecular formula is C16H29N3O. The smallest absolute Gasteiger partial charge is 0.212 e. The summed E-state index contributed by atoms with van der Waals surface area (Å²) in [6.45, 7) is 4.51. The zero-order chi connectivity index (χ0) is 14.8. The van der Waals surface area contributed by atoms with Crippen molar-refractivity contribution in [1.29, 1.82) is 0 Å². The Labute approximate surface area is 123 Å². The molecule has 2 atom stereocenters. The van der Waals surface area contributed by atoms with Gasteiger partial charge in [-0.25, -0.2) is 4.98 Å². The Morgan fingerprint density at radius 3 is 2.65 bits per heavy atom. The van der Waals surface area contributed by atoms with Gasteiger partial charge < -0.3 is 4.74 Å². The van der Waals surface area contributed by atoms with Gasteiger partial charge in [-0.2, -0.15) is 0 Å². The standard InChI is InChI=1S/C16H29N3O/c1-4-6-7-13(5-2)10-15(19-17)11-14-8-9-16(20-3)18-12-14/h8-9,12-13,15,19H,4-7,10-11,17H2,1-3H3. The zero-order valence-electron chi connectivity index (χ0n) is 13.1. The van der Waals surface area contributed by atoms with Crippen molar-refractivity contribution in [2.75, 3.05) is 7.11 Å². The van der Waals surface area contributed by atoms with E-state index in [1.165, 1.54) is 31.2 Å². The van der Waals surface area contributed by atoms with Crippen LogP contribution in [-0.4, -0.2) is 18.1 Å². The maximum absolute atomic E-state index is 5.71. The Balaban J connectivity index is 2.51. The van der Waals surface area contributed by atoms with Crippen LogP contribution in [0.25, 0.3) is 0 Å². The van der Waals surface area contributed by atoms with E-state index >= 15 is 0 Å². The van der Waals surface area contributed by atoms with E-state index in [0.29, 0.717) is 11.9 Å². The van der Waals surface area contributed by atoms with Crippen molar-refractivity contribution >= 4 is 0 Å². The highest BCUT2D eigenvalue weighted by molar-refractivity contribution is 5.18. The third-order valence-corrected chi connectivity index (χ3v) is 3.89. The maximum Gasteiger partial charge on any atom is 0.212 e. The Bertz CT molecular complexity index is 353. The van der Waals surface area contributed by atoms with Crippen molar-refractivity contribution in [3.63, 3.8) is 0 Å². The van der Waals surface area contributed by atoms with E-state index in [9.17, 15) is 0 Å². The molecule has 3 N–H and O–H groups in total. The summed E-state index contributed by atoms with van der Waals surface area (Å²) >= 11 is 0. The molecule has 1 rings (SSSR count). The van der Waals surface area contributed by atoms with Crippen LogP contribution >= 0.6 is 0 Å². The highest BCUT2D eigenvalue weighted by Gasteiger charge is 2.14. The highest BCUT2D eigenvalue weighted by Crippen LogP contribution is 2.20. The average molecular weight is 279 g/mol. The lowest BCUT2D eigenvalue weighted by atomic mass is 9.90. The van der Waals surface area contributed by atoms with Crippen molar-refractivity contribution in [2.24, 2.45) is 11.8 Å². The second kappa shape index (κ2) is 9.72. The number of nitrogens with one attached hydrogen (secondary N) is 1. The number of ether oxygens (including phenoxy) is 1. The minimum absolute atomic E-state index is 0.312. The Kier molecular flexibility index (Phi) is 8.23. The first-order chi connectivity index (χ1) is 9.73. The fourth-order valence-electron chi connectivity index (χ4n) is 2.53. The molecule has 0 bridgehead atoms. The predicted molar refractivity (Wildman–Crippen MR) is 83.5 cm³/mol. The first-order valence-corrected chi connectivity index (χ1v) is 7.68. The summed E-state index contributed by atoms with van der Waals surface area (Å²) in [6.07, 6.45) is 9.00. The SMILES string of the molecule is CCCCC(CC)CC(Cc1ccc(OC)nc1)NN. The molecule has 0 amide bonds. The number of aromatic nitrogens is 1. The zero-order valence-corrected chi connectivity index (χ0v) is 13.1. The van der Waals surface area contributed by atoms with Crippen molar-refractivity contribution in [3.8, 4) is 5.88 Å². The number of hydrogen-bond acceptors (Lipinski definition) is 4. The molecule has 1 heterocycles. The van der Waals surface area contributed by atoms with Gasteiger partial charge in [0.2, 0.25) is 5.88 Å². The Hall–Kier alpha value is -1.13. The topological polar surface area (TPSA) is 60.2 Å². The molecule has 0 saturated carbocycles. The van der Waals surface area contributed by atoms with Gasteiger partial charge in [0.25, 0.3) is 0 Å². The number of hydrazine groups is 1. The van der Waals surface area contributed by atoms with E-state index in [2.05, 4.69) is 30.3 Å². The third-order valence-electron chi connectivity index (χ3n) is 3.89. The molecule has 0 aliphatic heterocycles. The second-order valence-electron chi connectivity index (χ2n) is 5.43. The van der Waals surface area contributed by atoms with Crippen LogP contribution in [-0.2, 0) is 6.42 Å². The summed E-state index contributed by atoms with van der Waals surface area (Å²) in [7, 11) is 1.63. The molecule has 4 heteroatoms. The van der Waals surface area contributed by atoms with Gasteiger partial charge in [0, 0.05) is 18.3 Å². The van der Waals surface area contributed by atoms with Crippen LogP contribution in [0.4, 0.5) is 0 Å². The second-order valence-corrected chi connectivity index (χ2v) is 5.43. The summed E-state index contributed by atoms with van der Waals surface area (Å²) in [5, 5.41) is 0. The normalized spacial score (nSPS) is 14.0. The summed E-state index contributed by atoms with van der Waals surface area (Å²) in [4.78, 5) is 4.24. The van der Waals surface area contributed by atoms with Gasteiger partial charge in [-0.3, -0.25) is 11.3 Å². The highest BCUT2D eigenvalue weighted by atomic mass is 16.5. The van der Waals surface area contributed by atoms with Gasteiger partial charge in [-0.05, 0) is 24.3 Å². The minimum atomic E-state index is 0.312. The maximum atomic E-state index is 5.71. The number of pyridine rings is 1. The van der Waals surface area contributed by atoms with Crippen LogP contribution < -0.4 is 16.0 Å². The fraction of sp³-hybridized carbons (Fsp3) is 0.688. The number of methoxy groups -OCH3 is 1. The molecular weight excluding hydrogens is 250 g/mol. The fourth-order valence-corrected chi connectivity index (χ4v) is 2.53. The van der Waals surface area contributed by atoms with Crippen LogP contribution in [0.2, 0.25) is 0 Å². The third kappa shape index (κ3) is 5.88. The molecule has 1 aromatic heterocycles. The van der Waals surface area contributed by atoms with Crippen LogP contribution in [0.15, 0.2) is 18.3 Å². The molecule has 0 aliphatic carbocycles. The van der Waals surface area contributed by atoms with Crippen LogP contribution in [0.3, 0.4) is 0 Å². The molecule has 114 valence electrons. The molecule has 0 spiro atoms. The summed E-state index contributed by atoms with van der Waals surface area (Å²) in [5.74, 6) is 7.12. The van der Waals surface area contributed by atoms with Crippen molar-refractivity contribution in [3.05, 3.63) is 23.9 Å². The number of hydrogen-bond donors (Lipinski definition) is 2. The predicted octanol–water partition coefficient (Wildman–Crippen LogP) is 3.07. The van der Waals surface area contributed by atoms with E-state index in [4.69, 9.17) is 10.6 Å². The van der Waals surface area contributed by atoms with Gasteiger partial charge in [0.15, 0.2) is 0 Å². The molecule has 2 unspecified atom stereocenters. The lowest BCUT2D eigenvalue weighted by Gasteiger charge is -2.22. The first-order valence-electron chi connectivity index (χ1n) is 7.68. The van der Waals surface area contributed by atoms with E-state index in [0.717, 1.165) is 18.8 Å². The lowest BCUT2D eigenvalue weighted by Crippen LogP contribution is -2.38. The molecule has 4 nitrogen and oxygen atoms in total. The van der Waals surface area contributed by atoms with Gasteiger partial charge in [-0.1, -0.05) is 45.6 Å². The monoisotopic (exact) mass is 279 g/mol. The Morgan fingerprint density at radius 2 is 2.15 bits per heavy atom. The molecule has 20 heavy (non-hydrogen) atoms. The van der Waals surface area contributed by atoms with Crippen LogP contribution in [0.5, 0.6) is 5.88 Å². The first kappa shape index (κ1) is 16.9. The summed E-state index contributed by atoms with van der Waals surface area (Å²) in [5.41, 5.74) is 4.15. The van der Waals surface area contributed by atoms with E-state index in [1.54, 1.807) is 7.11 Å². The van der Waals surface area contributed by atoms with E-state index in [-0.39, 0.29) is 0 Å². The Morgan fingerprint density at radius 1 is 1.35 bits per heavy atom. The van der Waals surface area contributed by atoms with Crippen molar-refractivity contribution < 1.29 is 4.74 Å². The lowest BCUT2D eigenvalue weighted by molar-refractivity contribution is 0.349. The van der Waals surface area contributed by atoms with Crippen molar-refractivity contribution in [2.45, 2.75) is 58.4 Å². The molecule has 0 radical (unpaired) electrons. The number of rotatable bonds is 10. The molecule has 0 aliphatic rings. The molecule has 0 aromatic carbocycles.